The molecule has 0 rings (SSSR count). The van der Waals surface area contributed by atoms with Crippen molar-refractivity contribution >= 4 is 0 Å². The molecule has 0 radical (unpaired) electrons. The minimum absolute atomic E-state index is 0.221. The van der Waals surface area contributed by atoms with Crippen LogP contribution in [0, 0.1) is 5.92 Å². The number of rotatable bonds is 5. The van der Waals surface area contributed by atoms with Crippen LogP contribution in [-0.2, 0) is 0 Å². The summed E-state index contributed by atoms with van der Waals surface area (Å²) >= 11 is 0. The number of hydrogen-bond acceptors (Lipinski definition) is 2. The average Bonchev–Trinajstić information content (AvgIpc) is 2.02. The second kappa shape index (κ2) is 5.56. The maximum Gasteiger partial charge on any atom is 0.0582 e. The summed E-state index contributed by atoms with van der Waals surface area (Å²) in [4.78, 5) is 0. The maximum atomic E-state index is 8.78. The van der Waals surface area contributed by atoms with Crippen LogP contribution in [0.25, 0.3) is 0 Å². The van der Waals surface area contributed by atoms with E-state index in [-0.39, 0.29) is 12.6 Å². The van der Waals surface area contributed by atoms with Gasteiger partial charge in [0.05, 0.1) is 6.61 Å². The second-order valence-electron chi connectivity index (χ2n) is 3.42. The molecule has 0 saturated heterocycles. The molecule has 0 fully saturated rings. The summed E-state index contributed by atoms with van der Waals surface area (Å²) in [6.07, 6.45) is 1.19. The Hall–Kier alpha value is -0.0800. The number of hydrogen-bond donors (Lipinski definition) is 2. The van der Waals surface area contributed by atoms with Gasteiger partial charge in [-0.15, -0.1) is 0 Å². The van der Waals surface area contributed by atoms with Gasteiger partial charge in [0.25, 0.3) is 0 Å². The second-order valence-corrected chi connectivity index (χ2v) is 3.42. The summed E-state index contributed by atoms with van der Waals surface area (Å²) in [7, 11) is 0. The Morgan fingerprint density at radius 1 is 1.27 bits per heavy atom. The lowest BCUT2D eigenvalue weighted by Gasteiger charge is -2.23. The lowest BCUT2D eigenvalue weighted by Crippen LogP contribution is -2.40. The van der Waals surface area contributed by atoms with Crippen LogP contribution in [-0.4, -0.2) is 23.8 Å². The van der Waals surface area contributed by atoms with Crippen molar-refractivity contribution < 1.29 is 5.11 Å². The highest BCUT2D eigenvalue weighted by Crippen LogP contribution is 2.06. The van der Waals surface area contributed by atoms with E-state index < -0.39 is 0 Å². The standard InChI is InChI=1S/C9H21NO/c1-5-7(2)9(4)10-8(3)6-11/h7-11H,5-6H2,1-4H3/t7-,8+,9+/m0/s1. The van der Waals surface area contributed by atoms with Gasteiger partial charge in [0.1, 0.15) is 0 Å². The summed E-state index contributed by atoms with van der Waals surface area (Å²) < 4.78 is 0. The lowest BCUT2D eigenvalue weighted by molar-refractivity contribution is 0.229. The van der Waals surface area contributed by atoms with Gasteiger partial charge in [-0.2, -0.15) is 0 Å². The molecule has 0 aromatic carbocycles. The SMILES string of the molecule is CC[C@H](C)[C@@H](C)N[C@H](C)CO. The van der Waals surface area contributed by atoms with Crippen LogP contribution in [0.4, 0.5) is 0 Å². The molecule has 68 valence electrons. The number of nitrogens with one attached hydrogen (secondary N) is 1. The largest absolute Gasteiger partial charge is 0.395 e. The zero-order valence-corrected chi connectivity index (χ0v) is 8.09. The molecule has 2 nitrogen and oxygen atoms in total. The Labute approximate surface area is 70.0 Å². The first-order valence-electron chi connectivity index (χ1n) is 4.48. The molecule has 0 bridgehead atoms. The van der Waals surface area contributed by atoms with Gasteiger partial charge in [-0.05, 0) is 19.8 Å². The van der Waals surface area contributed by atoms with Gasteiger partial charge in [-0.3, -0.25) is 0 Å². The van der Waals surface area contributed by atoms with Crippen LogP contribution in [0.3, 0.4) is 0 Å². The van der Waals surface area contributed by atoms with E-state index in [0.717, 1.165) is 0 Å². The van der Waals surface area contributed by atoms with Crippen LogP contribution in [0.1, 0.15) is 34.1 Å². The molecule has 3 atom stereocenters. The smallest absolute Gasteiger partial charge is 0.0582 e. The fourth-order valence-electron chi connectivity index (χ4n) is 1.02. The van der Waals surface area contributed by atoms with Crippen LogP contribution >= 0.6 is 0 Å². The van der Waals surface area contributed by atoms with Crippen LogP contribution < -0.4 is 5.32 Å². The third-order valence-corrected chi connectivity index (χ3v) is 2.32. The summed E-state index contributed by atoms with van der Waals surface area (Å²) in [5.74, 6) is 0.684. The molecule has 0 aliphatic heterocycles. The van der Waals surface area contributed by atoms with Gasteiger partial charge in [0.15, 0.2) is 0 Å². The van der Waals surface area contributed by atoms with Crippen molar-refractivity contribution in [2.75, 3.05) is 6.61 Å². The van der Waals surface area contributed by atoms with Crippen molar-refractivity contribution in [3.05, 3.63) is 0 Å². The molecule has 0 spiro atoms. The van der Waals surface area contributed by atoms with Gasteiger partial charge in [-0.1, -0.05) is 20.3 Å². The fourth-order valence-corrected chi connectivity index (χ4v) is 1.02. The zero-order valence-electron chi connectivity index (χ0n) is 8.09. The van der Waals surface area contributed by atoms with E-state index in [1.54, 1.807) is 0 Å². The molecule has 0 aliphatic rings. The zero-order chi connectivity index (χ0) is 8.85. The van der Waals surface area contributed by atoms with E-state index >= 15 is 0 Å². The minimum Gasteiger partial charge on any atom is -0.395 e. The Kier molecular flexibility index (Phi) is 5.51. The predicted octanol–water partition coefficient (Wildman–Crippen LogP) is 1.39. The topological polar surface area (TPSA) is 32.3 Å². The monoisotopic (exact) mass is 159 g/mol. The van der Waals surface area contributed by atoms with E-state index in [1.165, 1.54) is 6.42 Å². The molecule has 2 heteroatoms. The predicted molar refractivity (Wildman–Crippen MR) is 48.6 cm³/mol. The molecule has 0 aromatic rings. The lowest BCUT2D eigenvalue weighted by atomic mass is 10.0. The molecule has 0 unspecified atom stereocenters. The van der Waals surface area contributed by atoms with Gasteiger partial charge >= 0.3 is 0 Å². The molecule has 2 N–H and O–H groups in total. The van der Waals surface area contributed by atoms with Crippen LogP contribution in [0.2, 0.25) is 0 Å². The van der Waals surface area contributed by atoms with Crippen LogP contribution in [0.5, 0.6) is 0 Å². The third kappa shape index (κ3) is 4.38. The van der Waals surface area contributed by atoms with E-state index in [2.05, 4.69) is 26.1 Å². The Balaban J connectivity index is 3.58. The molecule has 11 heavy (non-hydrogen) atoms. The molecule has 0 saturated carbocycles. The van der Waals surface area contributed by atoms with Gasteiger partial charge in [0.2, 0.25) is 0 Å². The van der Waals surface area contributed by atoms with Crippen molar-refractivity contribution in [1.82, 2.24) is 5.32 Å². The molecular formula is C9H21NO. The van der Waals surface area contributed by atoms with Gasteiger partial charge in [0, 0.05) is 12.1 Å². The summed E-state index contributed by atoms with van der Waals surface area (Å²) in [5, 5.41) is 12.1. The molecule has 0 heterocycles. The molecule has 0 amide bonds. The van der Waals surface area contributed by atoms with E-state index in [9.17, 15) is 0 Å². The molecule has 0 aliphatic carbocycles. The van der Waals surface area contributed by atoms with Crippen molar-refractivity contribution in [3.8, 4) is 0 Å². The summed E-state index contributed by atoms with van der Waals surface area (Å²) in [5.41, 5.74) is 0. The number of aliphatic hydroxyl groups excluding tert-OH is 1. The Morgan fingerprint density at radius 2 is 1.82 bits per heavy atom. The van der Waals surface area contributed by atoms with E-state index in [0.29, 0.717) is 12.0 Å². The van der Waals surface area contributed by atoms with E-state index in [4.69, 9.17) is 5.11 Å². The van der Waals surface area contributed by atoms with Gasteiger partial charge < -0.3 is 10.4 Å². The molecular weight excluding hydrogens is 138 g/mol. The number of aliphatic hydroxyl groups is 1. The summed E-state index contributed by atoms with van der Waals surface area (Å²) in [6, 6.07) is 0.723. The first-order valence-corrected chi connectivity index (χ1v) is 4.48. The molecule has 0 aromatic heterocycles. The van der Waals surface area contributed by atoms with Crippen molar-refractivity contribution in [2.24, 2.45) is 5.92 Å². The highest BCUT2D eigenvalue weighted by atomic mass is 16.3. The summed E-state index contributed by atoms with van der Waals surface area (Å²) in [6.45, 7) is 8.80. The van der Waals surface area contributed by atoms with Gasteiger partial charge in [-0.25, -0.2) is 0 Å². The Morgan fingerprint density at radius 3 is 2.18 bits per heavy atom. The highest BCUT2D eigenvalue weighted by Gasteiger charge is 2.11. The Bertz CT molecular complexity index is 95.6. The normalized spacial score (nSPS) is 19.4. The minimum atomic E-state index is 0.221. The average molecular weight is 159 g/mol. The first kappa shape index (κ1) is 10.9. The highest BCUT2D eigenvalue weighted by molar-refractivity contribution is 4.70. The van der Waals surface area contributed by atoms with Crippen molar-refractivity contribution in [2.45, 2.75) is 46.2 Å². The van der Waals surface area contributed by atoms with E-state index in [1.807, 2.05) is 6.92 Å². The quantitative estimate of drug-likeness (QED) is 0.635. The fraction of sp³-hybridized carbons (Fsp3) is 1.00. The third-order valence-electron chi connectivity index (χ3n) is 2.32. The maximum absolute atomic E-state index is 8.78. The van der Waals surface area contributed by atoms with Crippen molar-refractivity contribution in [1.29, 1.82) is 0 Å². The van der Waals surface area contributed by atoms with Crippen molar-refractivity contribution in [3.63, 3.8) is 0 Å². The van der Waals surface area contributed by atoms with Crippen LogP contribution in [0.15, 0.2) is 0 Å². The first-order chi connectivity index (χ1) is 5.11.